The quantitative estimate of drug-likeness (QED) is 0.0669. The number of alkyl halides is 6. The Balaban J connectivity index is 0.000000196. The first kappa shape index (κ1) is 46.4. The van der Waals surface area contributed by atoms with Gasteiger partial charge in [0.15, 0.2) is 0 Å². The molecule has 2 unspecified atom stereocenters. The fourth-order valence-corrected chi connectivity index (χ4v) is 8.02. The molecule has 2 aliphatic rings. The van der Waals surface area contributed by atoms with E-state index in [4.69, 9.17) is 5.73 Å². The number of aromatic nitrogens is 2. The minimum Gasteiger partial charge on any atom is -0.478 e. The van der Waals surface area contributed by atoms with Gasteiger partial charge in [0.25, 0.3) is 11.8 Å². The molecule has 0 saturated carbocycles. The van der Waals surface area contributed by atoms with Gasteiger partial charge in [-0.25, -0.2) is 4.79 Å². The van der Waals surface area contributed by atoms with E-state index in [1.165, 1.54) is 60.7 Å². The SMILES string of the molecule is NC(=O)c1ccc(-c2c(-c3cccc(OC(F)(F)F)c3)cc3n2C(CCO)CNC3=O)cc1.O=C(O)c1ccc(-c2c(-c3cccc(OC(F)(F)F)c3)cc3n2C(CCO)CNC3=O)cc1. The molecule has 66 heavy (non-hydrogen) atoms. The number of hydrogen-bond donors (Lipinski definition) is 6. The van der Waals surface area contributed by atoms with Gasteiger partial charge in [-0.05, 0) is 95.8 Å². The number of nitrogens with one attached hydrogen (secondary N) is 2. The van der Waals surface area contributed by atoms with E-state index in [2.05, 4.69) is 20.1 Å². The Morgan fingerprint density at radius 1 is 0.606 bits per heavy atom. The molecule has 3 amide bonds. The van der Waals surface area contributed by atoms with Crippen molar-refractivity contribution < 1.29 is 70.3 Å². The highest BCUT2D eigenvalue weighted by molar-refractivity contribution is 6.00. The summed E-state index contributed by atoms with van der Waals surface area (Å²) in [4.78, 5) is 48.0. The van der Waals surface area contributed by atoms with Gasteiger partial charge in [-0.15, -0.1) is 26.3 Å². The summed E-state index contributed by atoms with van der Waals surface area (Å²) in [5.74, 6) is -3.21. The lowest BCUT2D eigenvalue weighted by Gasteiger charge is -2.28. The first-order valence-electron chi connectivity index (χ1n) is 20.1. The number of hydrogen-bond acceptors (Lipinski definition) is 8. The van der Waals surface area contributed by atoms with Gasteiger partial charge in [-0.3, -0.25) is 14.4 Å². The molecule has 2 atom stereocenters. The maximum Gasteiger partial charge on any atom is 0.573 e. The van der Waals surface area contributed by atoms with Crippen LogP contribution in [-0.4, -0.2) is 87.2 Å². The van der Waals surface area contributed by atoms with Crippen molar-refractivity contribution in [1.82, 2.24) is 19.8 Å². The number of amides is 3. The molecule has 344 valence electrons. The standard InChI is InChI=1S/C23H20F3N3O4.C23H19F3N2O5/c24-23(25,26)33-17-3-1-2-15(10-17)18-11-19-22(32)28-12-16(8-9-30)29(19)20(18)13-4-6-14(7-5-13)21(27)31;24-23(25,26)33-17-3-1-2-15(10-17)18-11-19-21(30)27-12-16(8-9-29)28(19)20(18)13-4-6-14(7-5-13)22(31)32/h1-7,10-11,16,30H,8-9,12H2,(H2,27,31)(H,28,32);1-7,10-11,16,29H,8-9,12H2,(H,27,30)(H,31,32). The highest BCUT2D eigenvalue weighted by Gasteiger charge is 2.35. The van der Waals surface area contributed by atoms with Crippen molar-refractivity contribution in [2.45, 2.75) is 37.7 Å². The Hall–Kier alpha value is -7.58. The summed E-state index contributed by atoms with van der Waals surface area (Å²) in [6.45, 7) is 0.282. The summed E-state index contributed by atoms with van der Waals surface area (Å²) >= 11 is 0. The van der Waals surface area contributed by atoms with E-state index in [0.29, 0.717) is 63.3 Å². The van der Waals surface area contributed by atoms with E-state index < -0.39 is 36.1 Å². The summed E-state index contributed by atoms with van der Waals surface area (Å²) in [6, 6.07) is 25.8. The highest BCUT2D eigenvalue weighted by Crippen LogP contribution is 2.42. The third-order valence-electron chi connectivity index (χ3n) is 10.8. The maximum atomic E-state index is 12.8. The zero-order valence-electron chi connectivity index (χ0n) is 34.3. The molecule has 8 rings (SSSR count). The van der Waals surface area contributed by atoms with Gasteiger partial charge >= 0.3 is 18.7 Å². The smallest absolute Gasteiger partial charge is 0.478 e. The molecule has 0 bridgehead atoms. The van der Waals surface area contributed by atoms with Crippen LogP contribution in [0.4, 0.5) is 26.3 Å². The third kappa shape index (κ3) is 10.2. The molecule has 2 aromatic heterocycles. The molecule has 4 aromatic carbocycles. The third-order valence-corrected chi connectivity index (χ3v) is 10.8. The largest absolute Gasteiger partial charge is 0.573 e. The Bertz CT molecular complexity index is 2590. The molecule has 0 fully saturated rings. The zero-order chi connectivity index (χ0) is 47.5. The van der Waals surface area contributed by atoms with E-state index in [9.17, 15) is 60.8 Å². The van der Waals surface area contributed by atoms with Gasteiger partial charge in [-0.1, -0.05) is 48.5 Å². The van der Waals surface area contributed by atoms with Crippen LogP contribution in [0, 0.1) is 0 Å². The predicted octanol–water partition coefficient (Wildman–Crippen LogP) is 7.57. The number of aliphatic hydroxyl groups is 2. The molecule has 0 spiro atoms. The van der Waals surface area contributed by atoms with Gasteiger partial charge in [0.2, 0.25) is 5.91 Å². The minimum atomic E-state index is -4.86. The van der Waals surface area contributed by atoms with Crippen LogP contribution in [0.15, 0.2) is 109 Å². The first-order chi connectivity index (χ1) is 31.3. The fraction of sp³-hybridized carbons (Fsp3) is 0.217. The van der Waals surface area contributed by atoms with Crippen LogP contribution >= 0.6 is 0 Å². The van der Waals surface area contributed by atoms with Crippen LogP contribution in [0.2, 0.25) is 0 Å². The molecular formula is C46H39F6N5O9. The van der Waals surface area contributed by atoms with Crippen LogP contribution in [0.3, 0.4) is 0 Å². The molecule has 2 aliphatic heterocycles. The van der Waals surface area contributed by atoms with Crippen molar-refractivity contribution in [3.8, 4) is 56.3 Å². The van der Waals surface area contributed by atoms with Crippen LogP contribution in [-0.2, 0) is 0 Å². The Morgan fingerprint density at radius 2 is 1.00 bits per heavy atom. The number of carbonyl (C=O) groups excluding carboxylic acids is 3. The molecule has 4 heterocycles. The number of aliphatic hydroxyl groups excluding tert-OH is 2. The van der Waals surface area contributed by atoms with Gasteiger partial charge < -0.3 is 50.3 Å². The number of fused-ring (bicyclic) bond motifs is 2. The van der Waals surface area contributed by atoms with Crippen LogP contribution in [0.25, 0.3) is 44.8 Å². The molecule has 0 saturated heterocycles. The second kappa shape index (κ2) is 18.9. The zero-order valence-corrected chi connectivity index (χ0v) is 34.3. The number of benzene rings is 4. The number of aromatic carboxylic acids is 1. The van der Waals surface area contributed by atoms with E-state index >= 15 is 0 Å². The number of ether oxygens (including phenoxy) is 2. The highest BCUT2D eigenvalue weighted by atomic mass is 19.4. The topological polar surface area (TPSA) is 207 Å². The monoisotopic (exact) mass is 919 g/mol. The van der Waals surface area contributed by atoms with Gasteiger partial charge in [0.1, 0.15) is 22.9 Å². The van der Waals surface area contributed by atoms with Crippen molar-refractivity contribution in [3.05, 3.63) is 132 Å². The summed E-state index contributed by atoms with van der Waals surface area (Å²) in [5.41, 5.74) is 10.3. The number of nitrogens with zero attached hydrogens (tertiary/aromatic N) is 2. The van der Waals surface area contributed by atoms with Crippen LogP contribution < -0.4 is 25.8 Å². The molecule has 20 heteroatoms. The number of carbonyl (C=O) groups is 4. The van der Waals surface area contributed by atoms with E-state index in [-0.39, 0.29) is 67.0 Å². The first-order valence-corrected chi connectivity index (χ1v) is 20.1. The lowest BCUT2D eigenvalue weighted by atomic mass is 9.99. The van der Waals surface area contributed by atoms with Crippen molar-refractivity contribution in [3.63, 3.8) is 0 Å². The van der Waals surface area contributed by atoms with Crippen molar-refractivity contribution >= 4 is 23.7 Å². The summed E-state index contributed by atoms with van der Waals surface area (Å²) in [6.07, 6.45) is -9.03. The average molecular weight is 920 g/mol. The van der Waals surface area contributed by atoms with E-state index in [1.807, 2.05) is 0 Å². The van der Waals surface area contributed by atoms with Crippen molar-refractivity contribution in [2.24, 2.45) is 5.73 Å². The van der Waals surface area contributed by atoms with E-state index in [1.54, 1.807) is 57.7 Å². The second-order valence-corrected chi connectivity index (χ2v) is 15.1. The lowest BCUT2D eigenvalue weighted by Crippen LogP contribution is -2.39. The number of halogens is 6. The Kier molecular flexibility index (Phi) is 13.3. The lowest BCUT2D eigenvalue weighted by molar-refractivity contribution is -0.275. The average Bonchev–Trinajstić information content (AvgIpc) is 3.87. The second-order valence-electron chi connectivity index (χ2n) is 15.1. The number of carboxylic acids is 1. The normalized spacial score (nSPS) is 15.6. The predicted molar refractivity (Wildman–Crippen MR) is 226 cm³/mol. The molecule has 14 nitrogen and oxygen atoms in total. The van der Waals surface area contributed by atoms with Gasteiger partial charge in [0, 0.05) is 43.0 Å². The molecule has 0 radical (unpaired) electrons. The Morgan fingerprint density at radius 3 is 1.35 bits per heavy atom. The van der Waals surface area contributed by atoms with Gasteiger partial charge in [0.05, 0.1) is 29.0 Å². The number of carboxylic acid groups (broad SMARTS) is 1. The van der Waals surface area contributed by atoms with Gasteiger partial charge in [-0.2, -0.15) is 0 Å². The molecular weight excluding hydrogens is 881 g/mol. The molecule has 6 aromatic rings. The summed E-state index contributed by atoms with van der Waals surface area (Å²) < 4.78 is 88.1. The summed E-state index contributed by atoms with van der Waals surface area (Å²) in [5, 5.41) is 33.8. The molecule has 0 aliphatic carbocycles. The number of nitrogens with two attached hydrogens (primary N) is 1. The Labute approximate surface area is 370 Å². The van der Waals surface area contributed by atoms with Crippen molar-refractivity contribution in [2.75, 3.05) is 26.3 Å². The van der Waals surface area contributed by atoms with E-state index in [0.717, 1.165) is 0 Å². The number of primary amides is 1. The fourth-order valence-electron chi connectivity index (χ4n) is 8.02. The number of rotatable bonds is 12. The minimum absolute atomic E-state index is 0.0657. The van der Waals surface area contributed by atoms with Crippen LogP contribution in [0.5, 0.6) is 11.5 Å². The summed E-state index contributed by atoms with van der Waals surface area (Å²) in [7, 11) is 0. The van der Waals surface area contributed by atoms with Crippen molar-refractivity contribution in [1.29, 1.82) is 0 Å². The maximum absolute atomic E-state index is 12.8. The van der Waals surface area contributed by atoms with Crippen LogP contribution in [0.1, 0.15) is 66.6 Å². The molecule has 7 N–H and O–H groups in total.